The van der Waals surface area contributed by atoms with Gasteiger partial charge in [0.2, 0.25) is 0 Å². The first-order valence-electron chi connectivity index (χ1n) is 12.7. The van der Waals surface area contributed by atoms with E-state index in [0.717, 1.165) is 50.1 Å². The highest BCUT2D eigenvalue weighted by atomic mass is 35.5. The highest BCUT2D eigenvalue weighted by Crippen LogP contribution is 2.37. The van der Waals surface area contributed by atoms with Crippen LogP contribution in [-0.2, 0) is 12.8 Å². The zero-order valence-electron chi connectivity index (χ0n) is 21.8. The van der Waals surface area contributed by atoms with Gasteiger partial charge >= 0.3 is 0 Å². The summed E-state index contributed by atoms with van der Waals surface area (Å²) in [7, 11) is 2.17. The lowest BCUT2D eigenvalue weighted by atomic mass is 9.94. The fraction of sp³-hybridized carbons (Fsp3) is 0.290. The first-order valence-corrected chi connectivity index (χ1v) is 14.4. The van der Waals surface area contributed by atoms with E-state index in [0.29, 0.717) is 11.8 Å². The molecule has 6 rings (SSSR count). The summed E-state index contributed by atoms with van der Waals surface area (Å²) in [4.78, 5) is 5.11. The lowest BCUT2D eigenvalue weighted by molar-refractivity contribution is 0.338. The fourth-order valence-corrected chi connectivity index (χ4v) is 7.67. The summed E-state index contributed by atoms with van der Waals surface area (Å²) in [6.07, 6.45) is 1.95. The van der Waals surface area contributed by atoms with E-state index in [1.807, 2.05) is 16.8 Å². The molecule has 0 aliphatic carbocycles. The zero-order valence-corrected chi connectivity index (χ0v) is 25.1. The molecule has 4 nitrogen and oxygen atoms in total. The summed E-state index contributed by atoms with van der Waals surface area (Å²) in [6, 6.07) is 25.9. The van der Waals surface area contributed by atoms with Gasteiger partial charge in [0.25, 0.3) is 0 Å². The molecular formula is C31H32Cl2N4S2. The first kappa shape index (κ1) is 30.9. The van der Waals surface area contributed by atoms with Crippen LogP contribution < -0.4 is 5.32 Å². The summed E-state index contributed by atoms with van der Waals surface area (Å²) in [6.45, 7) is 3.98. The van der Waals surface area contributed by atoms with E-state index in [9.17, 15) is 5.26 Å². The topological polar surface area (TPSA) is 62.9 Å². The molecule has 0 radical (unpaired) electrons. The van der Waals surface area contributed by atoms with Gasteiger partial charge in [-0.05, 0) is 48.7 Å². The smallest absolute Gasteiger partial charge is 0.100 e. The average Bonchev–Trinajstić information content (AvgIpc) is 3.43. The number of rotatable bonds is 2. The molecule has 2 aromatic heterocycles. The molecule has 0 saturated heterocycles. The molecule has 0 fully saturated rings. The minimum absolute atomic E-state index is 0. The second-order valence-electron chi connectivity index (χ2n) is 9.60. The Bertz CT molecular complexity index is 1420. The Morgan fingerprint density at radius 3 is 1.85 bits per heavy atom. The molecule has 0 spiro atoms. The number of fused-ring (bicyclic) bond motifs is 2. The number of halogens is 2. The molecule has 2 unspecified atom stereocenters. The van der Waals surface area contributed by atoms with Gasteiger partial charge in [-0.1, -0.05) is 60.7 Å². The van der Waals surface area contributed by atoms with E-state index < -0.39 is 0 Å². The van der Waals surface area contributed by atoms with Gasteiger partial charge in [0.05, 0.1) is 11.1 Å². The van der Waals surface area contributed by atoms with Crippen LogP contribution in [0.4, 0.5) is 0 Å². The molecule has 0 amide bonds. The van der Waals surface area contributed by atoms with Crippen molar-refractivity contribution in [2.45, 2.75) is 24.7 Å². The Kier molecular flexibility index (Phi) is 11.6. The Morgan fingerprint density at radius 1 is 0.769 bits per heavy atom. The molecule has 4 heterocycles. The highest BCUT2D eigenvalue weighted by molar-refractivity contribution is 7.10. The monoisotopic (exact) mass is 594 g/mol. The SMILES string of the molecule is CN1CCc2c(C#N)csc2C(c2ccccc2)C1.Cl.Cl.N#Cc1csc2c1CCNCC2c1ccccc1. The van der Waals surface area contributed by atoms with Gasteiger partial charge in [0.1, 0.15) is 12.1 Å². The first-order chi connectivity index (χ1) is 18.2. The quantitative estimate of drug-likeness (QED) is 0.272. The molecule has 2 atom stereocenters. The standard InChI is InChI=1S/C16H16N2S.C15H14N2S.2ClH/c1-18-8-7-14-13(9-17)11-19-16(14)15(10-18)12-5-3-2-4-6-12;16-8-12-10-18-15-13(12)6-7-17-9-14(15)11-4-2-1-3-5-11;;/h2-6,11,15H,7-8,10H2,1H3;1-5,10,14,17H,6-7,9H2;2*1H. The summed E-state index contributed by atoms with van der Waals surface area (Å²) in [5.74, 6) is 0.784. The zero-order chi connectivity index (χ0) is 25.6. The second kappa shape index (κ2) is 14.6. The van der Waals surface area contributed by atoms with Crippen LogP contribution in [0.1, 0.15) is 55.0 Å². The normalized spacial score (nSPS) is 18.1. The molecule has 8 heteroatoms. The summed E-state index contributed by atoms with van der Waals surface area (Å²) < 4.78 is 0. The van der Waals surface area contributed by atoms with E-state index in [4.69, 9.17) is 5.26 Å². The number of nitrogens with zero attached hydrogens (tertiary/aromatic N) is 3. The van der Waals surface area contributed by atoms with Crippen molar-refractivity contribution in [2.24, 2.45) is 0 Å². The van der Waals surface area contributed by atoms with Gasteiger partial charge < -0.3 is 10.2 Å². The minimum Gasteiger partial charge on any atom is -0.315 e. The molecule has 4 aromatic rings. The van der Waals surface area contributed by atoms with Crippen molar-refractivity contribution in [3.8, 4) is 12.1 Å². The van der Waals surface area contributed by atoms with E-state index in [2.05, 4.69) is 84.0 Å². The summed E-state index contributed by atoms with van der Waals surface area (Å²) in [5, 5.41) is 25.9. The van der Waals surface area contributed by atoms with Crippen molar-refractivity contribution < 1.29 is 0 Å². The average molecular weight is 596 g/mol. The Morgan fingerprint density at radius 2 is 1.28 bits per heavy atom. The van der Waals surface area contributed by atoms with E-state index in [1.54, 1.807) is 22.7 Å². The van der Waals surface area contributed by atoms with Crippen LogP contribution >= 0.6 is 47.5 Å². The molecule has 2 aliphatic heterocycles. The lowest BCUT2D eigenvalue weighted by Crippen LogP contribution is -2.24. The molecule has 39 heavy (non-hydrogen) atoms. The third-order valence-electron chi connectivity index (χ3n) is 7.27. The van der Waals surface area contributed by atoms with Crippen LogP contribution in [0.25, 0.3) is 0 Å². The number of thiophene rings is 2. The van der Waals surface area contributed by atoms with Gasteiger partial charge in [-0.3, -0.25) is 0 Å². The van der Waals surface area contributed by atoms with Gasteiger partial charge in [-0.25, -0.2) is 0 Å². The number of nitrogens with one attached hydrogen (secondary N) is 1. The Labute approximate surface area is 251 Å². The van der Waals surface area contributed by atoms with Crippen LogP contribution in [0.3, 0.4) is 0 Å². The van der Waals surface area contributed by atoms with Gasteiger partial charge in [-0.2, -0.15) is 10.5 Å². The number of hydrogen-bond donors (Lipinski definition) is 1. The summed E-state index contributed by atoms with van der Waals surface area (Å²) in [5.41, 5.74) is 6.94. The van der Waals surface area contributed by atoms with Gasteiger partial charge in [0, 0.05) is 52.0 Å². The minimum atomic E-state index is 0. The van der Waals surface area contributed by atoms with Crippen LogP contribution in [0, 0.1) is 22.7 Å². The number of nitriles is 2. The summed E-state index contributed by atoms with van der Waals surface area (Å²) >= 11 is 3.48. The Balaban J connectivity index is 0.000000205. The molecule has 2 aliphatic rings. The highest BCUT2D eigenvalue weighted by Gasteiger charge is 2.26. The largest absolute Gasteiger partial charge is 0.315 e. The van der Waals surface area contributed by atoms with E-state index in [-0.39, 0.29) is 24.8 Å². The molecule has 2 aromatic carbocycles. The maximum Gasteiger partial charge on any atom is 0.100 e. The lowest BCUT2D eigenvalue weighted by Gasteiger charge is -2.20. The number of likely N-dealkylation sites (N-methyl/N-ethyl adjacent to an activating group) is 1. The van der Waals surface area contributed by atoms with E-state index in [1.165, 1.54) is 32.0 Å². The van der Waals surface area contributed by atoms with E-state index >= 15 is 0 Å². The van der Waals surface area contributed by atoms with Crippen molar-refractivity contribution in [1.29, 1.82) is 10.5 Å². The fourth-order valence-electron chi connectivity index (χ4n) is 5.32. The second-order valence-corrected chi connectivity index (χ2v) is 11.4. The molecule has 0 bridgehead atoms. The number of hydrogen-bond acceptors (Lipinski definition) is 6. The van der Waals surface area contributed by atoms with Gasteiger partial charge in [-0.15, -0.1) is 47.5 Å². The Hall–Kier alpha value is -2.68. The van der Waals surface area contributed by atoms with Crippen LogP contribution in [0.2, 0.25) is 0 Å². The van der Waals surface area contributed by atoms with Crippen LogP contribution in [0.15, 0.2) is 71.4 Å². The number of benzene rings is 2. The predicted octanol–water partition coefficient (Wildman–Crippen LogP) is 6.98. The van der Waals surface area contributed by atoms with Crippen molar-refractivity contribution in [1.82, 2.24) is 10.2 Å². The van der Waals surface area contributed by atoms with Crippen LogP contribution in [0.5, 0.6) is 0 Å². The third kappa shape index (κ3) is 6.91. The predicted molar refractivity (Wildman–Crippen MR) is 167 cm³/mol. The van der Waals surface area contributed by atoms with Crippen molar-refractivity contribution >= 4 is 47.5 Å². The van der Waals surface area contributed by atoms with Crippen LogP contribution in [-0.4, -0.2) is 38.1 Å². The van der Waals surface area contributed by atoms with Crippen molar-refractivity contribution in [3.05, 3.63) is 115 Å². The van der Waals surface area contributed by atoms with Crippen molar-refractivity contribution in [2.75, 3.05) is 33.2 Å². The molecular weight excluding hydrogens is 563 g/mol. The third-order valence-corrected chi connectivity index (χ3v) is 9.55. The molecule has 1 N–H and O–H groups in total. The molecule has 202 valence electrons. The van der Waals surface area contributed by atoms with Crippen molar-refractivity contribution in [3.63, 3.8) is 0 Å². The maximum absolute atomic E-state index is 9.24. The van der Waals surface area contributed by atoms with Gasteiger partial charge in [0.15, 0.2) is 0 Å². The maximum atomic E-state index is 9.24. The molecule has 0 saturated carbocycles.